The van der Waals surface area contributed by atoms with Gasteiger partial charge in [-0.05, 0) is 31.0 Å². The van der Waals surface area contributed by atoms with E-state index in [2.05, 4.69) is 12.2 Å². The van der Waals surface area contributed by atoms with Crippen LogP contribution in [-0.2, 0) is 14.8 Å². The lowest BCUT2D eigenvalue weighted by Crippen LogP contribution is -2.41. The predicted octanol–water partition coefficient (Wildman–Crippen LogP) is 2.72. The number of anilines is 1. The van der Waals surface area contributed by atoms with Gasteiger partial charge in [-0.15, -0.1) is 0 Å². The molecule has 0 saturated carbocycles. The summed E-state index contributed by atoms with van der Waals surface area (Å²) in [6.45, 7) is 4.12. The number of halogens is 1. The maximum absolute atomic E-state index is 12.0. The maximum Gasteiger partial charge on any atom is 0.240 e. The average molecular weight is 347 g/mol. The van der Waals surface area contributed by atoms with Gasteiger partial charge in [0, 0.05) is 11.6 Å². The number of nitrogens with one attached hydrogen (secondary N) is 1. The van der Waals surface area contributed by atoms with Gasteiger partial charge in [0.05, 0.1) is 11.9 Å². The number of hydrogen-bond acceptors (Lipinski definition) is 3. The van der Waals surface area contributed by atoms with Crippen LogP contribution in [0.4, 0.5) is 5.69 Å². The molecule has 0 spiro atoms. The zero-order valence-corrected chi connectivity index (χ0v) is 14.8. The zero-order chi connectivity index (χ0) is 16.8. The summed E-state index contributed by atoms with van der Waals surface area (Å²) in [6, 6.07) is 5.00. The first-order valence-electron chi connectivity index (χ1n) is 7.27. The van der Waals surface area contributed by atoms with Gasteiger partial charge in [-0.1, -0.05) is 37.4 Å². The molecule has 7 heteroatoms. The van der Waals surface area contributed by atoms with Gasteiger partial charge in [-0.2, -0.15) is 0 Å². The van der Waals surface area contributed by atoms with E-state index < -0.39 is 10.0 Å². The summed E-state index contributed by atoms with van der Waals surface area (Å²) >= 11 is 6.04. The van der Waals surface area contributed by atoms with Gasteiger partial charge in [-0.25, -0.2) is 8.42 Å². The average Bonchev–Trinajstić information content (AvgIpc) is 2.43. The van der Waals surface area contributed by atoms with Crippen molar-refractivity contribution in [3.8, 4) is 0 Å². The highest BCUT2D eigenvalue weighted by molar-refractivity contribution is 7.92. The molecule has 0 saturated heterocycles. The van der Waals surface area contributed by atoms with Crippen molar-refractivity contribution in [1.82, 2.24) is 5.32 Å². The van der Waals surface area contributed by atoms with Crippen molar-refractivity contribution in [2.45, 2.75) is 33.1 Å². The normalized spacial score (nSPS) is 11.3. The second-order valence-electron chi connectivity index (χ2n) is 5.21. The lowest BCUT2D eigenvalue weighted by Gasteiger charge is -2.24. The van der Waals surface area contributed by atoms with Crippen LogP contribution in [0.25, 0.3) is 0 Å². The number of carbonyl (C=O) groups is 1. The number of rotatable bonds is 8. The molecular formula is C15H23ClN2O3S. The van der Waals surface area contributed by atoms with Crippen molar-refractivity contribution in [3.05, 3.63) is 28.8 Å². The molecule has 5 nitrogen and oxygen atoms in total. The second kappa shape index (κ2) is 8.39. The largest absolute Gasteiger partial charge is 0.355 e. The Hall–Kier alpha value is -1.27. The standard InChI is InChI=1S/C15H23ClN2O3S/c1-4-5-6-10-17-15(19)11-18(22(3,20)21)14-9-7-8-13(16)12(14)2/h7-9H,4-6,10-11H2,1-3H3,(H,17,19). The van der Waals surface area contributed by atoms with Crippen molar-refractivity contribution < 1.29 is 13.2 Å². The van der Waals surface area contributed by atoms with Gasteiger partial charge >= 0.3 is 0 Å². The molecule has 1 aromatic carbocycles. The number of nitrogens with zero attached hydrogens (tertiary/aromatic N) is 1. The summed E-state index contributed by atoms with van der Waals surface area (Å²) in [5.41, 5.74) is 1.06. The fourth-order valence-electron chi connectivity index (χ4n) is 2.04. The van der Waals surface area contributed by atoms with Crippen molar-refractivity contribution in [3.63, 3.8) is 0 Å². The van der Waals surface area contributed by atoms with Crippen LogP contribution < -0.4 is 9.62 Å². The topological polar surface area (TPSA) is 66.5 Å². The van der Waals surface area contributed by atoms with Gasteiger partial charge in [0.2, 0.25) is 15.9 Å². The Bertz CT molecular complexity index is 617. The highest BCUT2D eigenvalue weighted by Crippen LogP contribution is 2.27. The molecule has 0 aliphatic rings. The predicted molar refractivity (Wildman–Crippen MR) is 90.9 cm³/mol. The molecule has 1 N–H and O–H groups in total. The summed E-state index contributed by atoms with van der Waals surface area (Å²) in [5.74, 6) is -0.319. The quantitative estimate of drug-likeness (QED) is 0.736. The molecule has 1 rings (SSSR count). The number of benzene rings is 1. The first kappa shape index (κ1) is 18.8. The molecule has 0 aliphatic carbocycles. The van der Waals surface area contributed by atoms with Crippen LogP contribution in [0.5, 0.6) is 0 Å². The molecule has 0 atom stereocenters. The fraction of sp³-hybridized carbons (Fsp3) is 0.533. The van der Waals surface area contributed by atoms with Gasteiger partial charge in [0.15, 0.2) is 0 Å². The van der Waals surface area contributed by atoms with Crippen LogP contribution in [-0.4, -0.2) is 33.7 Å². The summed E-state index contributed by atoms with van der Waals surface area (Å²) in [6.07, 6.45) is 4.06. The molecule has 0 heterocycles. The number of sulfonamides is 1. The molecule has 0 aromatic heterocycles. The molecule has 0 unspecified atom stereocenters. The first-order chi connectivity index (χ1) is 10.3. The number of carbonyl (C=O) groups excluding carboxylic acids is 1. The lowest BCUT2D eigenvalue weighted by atomic mass is 10.2. The number of hydrogen-bond donors (Lipinski definition) is 1. The second-order valence-corrected chi connectivity index (χ2v) is 7.52. The Morgan fingerprint density at radius 1 is 1.32 bits per heavy atom. The minimum Gasteiger partial charge on any atom is -0.355 e. The van der Waals surface area contributed by atoms with Crippen molar-refractivity contribution in [1.29, 1.82) is 0 Å². The van der Waals surface area contributed by atoms with Crippen LogP contribution >= 0.6 is 11.6 Å². The van der Waals surface area contributed by atoms with E-state index in [1.807, 2.05) is 0 Å². The third kappa shape index (κ3) is 5.50. The minimum atomic E-state index is -3.57. The van der Waals surface area contributed by atoms with E-state index in [1.165, 1.54) is 0 Å². The van der Waals surface area contributed by atoms with Crippen LogP contribution in [0.15, 0.2) is 18.2 Å². The third-order valence-electron chi connectivity index (χ3n) is 3.30. The zero-order valence-electron chi connectivity index (χ0n) is 13.2. The van der Waals surface area contributed by atoms with E-state index in [0.717, 1.165) is 29.8 Å². The van der Waals surface area contributed by atoms with E-state index in [1.54, 1.807) is 25.1 Å². The first-order valence-corrected chi connectivity index (χ1v) is 9.49. The van der Waals surface area contributed by atoms with E-state index in [-0.39, 0.29) is 12.5 Å². The highest BCUT2D eigenvalue weighted by atomic mass is 35.5. The van der Waals surface area contributed by atoms with Gasteiger partial charge in [0.1, 0.15) is 6.54 Å². The highest BCUT2D eigenvalue weighted by Gasteiger charge is 2.22. The summed E-state index contributed by atoms with van der Waals surface area (Å²) < 4.78 is 25.1. The van der Waals surface area contributed by atoms with Crippen LogP contribution in [0.2, 0.25) is 5.02 Å². The monoisotopic (exact) mass is 346 g/mol. The molecule has 1 aromatic rings. The number of unbranched alkanes of at least 4 members (excludes halogenated alkanes) is 2. The van der Waals surface area contributed by atoms with Gasteiger partial charge in [0.25, 0.3) is 0 Å². The molecule has 1 amide bonds. The van der Waals surface area contributed by atoms with Gasteiger partial charge in [-0.3, -0.25) is 9.10 Å². The summed E-state index contributed by atoms with van der Waals surface area (Å²) in [4.78, 5) is 12.0. The SMILES string of the molecule is CCCCCNC(=O)CN(c1cccc(Cl)c1C)S(C)(=O)=O. The van der Waals surface area contributed by atoms with Crippen LogP contribution in [0, 0.1) is 6.92 Å². The van der Waals surface area contributed by atoms with E-state index >= 15 is 0 Å². The molecule has 0 fully saturated rings. The third-order valence-corrected chi connectivity index (χ3v) is 4.83. The minimum absolute atomic E-state index is 0.244. The van der Waals surface area contributed by atoms with E-state index in [4.69, 9.17) is 11.6 Å². The van der Waals surface area contributed by atoms with Crippen LogP contribution in [0.1, 0.15) is 31.7 Å². The van der Waals surface area contributed by atoms with Gasteiger partial charge < -0.3 is 5.32 Å². The van der Waals surface area contributed by atoms with E-state index in [9.17, 15) is 13.2 Å². The molecule has 0 aliphatic heterocycles. The molecular weight excluding hydrogens is 324 g/mol. The summed E-state index contributed by atoms with van der Waals surface area (Å²) in [5, 5.41) is 3.21. The van der Waals surface area contributed by atoms with Crippen molar-refractivity contribution in [2.75, 3.05) is 23.7 Å². The van der Waals surface area contributed by atoms with Crippen molar-refractivity contribution >= 4 is 33.2 Å². The molecule has 22 heavy (non-hydrogen) atoms. The lowest BCUT2D eigenvalue weighted by molar-refractivity contribution is -0.119. The molecule has 124 valence electrons. The molecule has 0 radical (unpaired) electrons. The Labute approximate surface area is 137 Å². The summed E-state index contributed by atoms with van der Waals surface area (Å²) in [7, 11) is -3.57. The van der Waals surface area contributed by atoms with Crippen LogP contribution in [0.3, 0.4) is 0 Å². The maximum atomic E-state index is 12.0. The Morgan fingerprint density at radius 3 is 2.59 bits per heavy atom. The van der Waals surface area contributed by atoms with Crippen molar-refractivity contribution in [2.24, 2.45) is 0 Å². The Kier molecular flexibility index (Phi) is 7.16. The smallest absolute Gasteiger partial charge is 0.240 e. The van der Waals surface area contributed by atoms with E-state index in [0.29, 0.717) is 22.8 Å². The molecule has 0 bridgehead atoms. The Balaban J connectivity index is 2.87. The Morgan fingerprint density at radius 2 is 2.00 bits per heavy atom. The number of amides is 1. The fourth-order valence-corrected chi connectivity index (χ4v) is 3.11.